The van der Waals surface area contributed by atoms with Crippen LogP contribution in [0.4, 0.5) is 0 Å². The van der Waals surface area contributed by atoms with Gasteiger partial charge in [-0.3, -0.25) is 9.78 Å². The average molecular weight is 294 g/mol. The zero-order valence-electron chi connectivity index (χ0n) is 10.9. The van der Waals surface area contributed by atoms with Crippen LogP contribution in [0.3, 0.4) is 0 Å². The molecule has 1 aromatic heterocycles. The Morgan fingerprint density at radius 2 is 2.11 bits per heavy atom. The number of likely N-dealkylation sites (N-methyl/N-ethyl adjacent to an activating group) is 1. The van der Waals surface area contributed by atoms with E-state index < -0.39 is 0 Å². The van der Waals surface area contributed by atoms with Crippen molar-refractivity contribution < 1.29 is 4.79 Å². The van der Waals surface area contributed by atoms with Gasteiger partial charge in [-0.25, -0.2) is 0 Å². The minimum Gasteiger partial charge on any atom is -0.350 e. The van der Waals surface area contributed by atoms with Crippen molar-refractivity contribution in [2.75, 3.05) is 13.1 Å². The monoisotopic (exact) mass is 293 g/mol. The summed E-state index contributed by atoms with van der Waals surface area (Å²) in [6.45, 7) is 7.45. The highest BCUT2D eigenvalue weighted by Gasteiger charge is 2.09. The first-order chi connectivity index (χ1) is 7.65. The Balaban J connectivity index is 0. The van der Waals surface area contributed by atoms with E-state index in [0.717, 1.165) is 12.2 Å². The van der Waals surface area contributed by atoms with Gasteiger partial charge in [0.05, 0.1) is 5.56 Å². The fraction of sp³-hybridized carbons (Fsp3) is 0.500. The van der Waals surface area contributed by atoms with E-state index in [2.05, 4.69) is 15.6 Å². The van der Waals surface area contributed by atoms with Gasteiger partial charge in [0, 0.05) is 24.5 Å². The molecule has 6 heteroatoms. The molecule has 0 spiro atoms. The molecule has 2 N–H and O–H groups in total. The second kappa shape index (κ2) is 10.1. The zero-order valence-corrected chi connectivity index (χ0v) is 12.5. The predicted octanol–water partition coefficient (Wildman–Crippen LogP) is 1.96. The SMILES string of the molecule is CCN[C@H](C)CNC(=O)c1cccnc1C.Cl.Cl. The molecule has 0 fully saturated rings. The second-order valence-corrected chi connectivity index (χ2v) is 3.81. The molecule has 1 amide bonds. The van der Waals surface area contributed by atoms with Crippen LogP contribution < -0.4 is 10.6 Å². The maximum Gasteiger partial charge on any atom is 0.253 e. The molecule has 0 saturated carbocycles. The van der Waals surface area contributed by atoms with Gasteiger partial charge < -0.3 is 10.6 Å². The highest BCUT2D eigenvalue weighted by molar-refractivity contribution is 5.95. The van der Waals surface area contributed by atoms with Gasteiger partial charge in [0.25, 0.3) is 5.91 Å². The Morgan fingerprint density at radius 3 is 2.67 bits per heavy atom. The van der Waals surface area contributed by atoms with Crippen LogP contribution in [0.15, 0.2) is 18.3 Å². The number of nitrogens with zero attached hydrogens (tertiary/aromatic N) is 1. The molecule has 104 valence electrons. The molecule has 0 aliphatic rings. The molecule has 4 nitrogen and oxygen atoms in total. The van der Waals surface area contributed by atoms with Gasteiger partial charge in [-0.2, -0.15) is 0 Å². The number of amides is 1. The van der Waals surface area contributed by atoms with Crippen LogP contribution >= 0.6 is 24.8 Å². The normalized spacial score (nSPS) is 10.8. The van der Waals surface area contributed by atoms with Crippen LogP contribution in [0.25, 0.3) is 0 Å². The number of hydrogen-bond acceptors (Lipinski definition) is 3. The highest BCUT2D eigenvalue weighted by atomic mass is 35.5. The van der Waals surface area contributed by atoms with Crippen LogP contribution in [0.5, 0.6) is 0 Å². The van der Waals surface area contributed by atoms with Crippen molar-refractivity contribution in [1.82, 2.24) is 15.6 Å². The number of halogens is 2. The third-order valence-corrected chi connectivity index (χ3v) is 2.37. The van der Waals surface area contributed by atoms with E-state index in [9.17, 15) is 4.79 Å². The molecular weight excluding hydrogens is 273 g/mol. The standard InChI is InChI=1S/C12H19N3O.2ClH/c1-4-13-9(2)8-15-12(16)11-6-5-7-14-10(11)3;;/h5-7,9,13H,4,8H2,1-3H3,(H,15,16);2*1H/t9-;;/m1../s1. The maximum atomic E-state index is 11.8. The van der Waals surface area contributed by atoms with Crippen molar-refractivity contribution in [2.45, 2.75) is 26.8 Å². The summed E-state index contributed by atoms with van der Waals surface area (Å²) >= 11 is 0. The largest absolute Gasteiger partial charge is 0.350 e. The molecule has 0 bridgehead atoms. The second-order valence-electron chi connectivity index (χ2n) is 3.81. The fourth-order valence-corrected chi connectivity index (χ4v) is 1.49. The van der Waals surface area contributed by atoms with Gasteiger partial charge in [-0.05, 0) is 32.5 Å². The summed E-state index contributed by atoms with van der Waals surface area (Å²) in [5, 5.41) is 6.12. The minimum absolute atomic E-state index is 0. The Kier molecular flexibility index (Phi) is 11.0. The average Bonchev–Trinajstić information content (AvgIpc) is 2.27. The number of carbonyl (C=O) groups is 1. The van der Waals surface area contributed by atoms with E-state index >= 15 is 0 Å². The highest BCUT2D eigenvalue weighted by Crippen LogP contribution is 2.02. The molecule has 0 aliphatic heterocycles. The molecule has 0 unspecified atom stereocenters. The summed E-state index contributed by atoms with van der Waals surface area (Å²) in [6.07, 6.45) is 1.69. The predicted molar refractivity (Wildman–Crippen MR) is 78.9 cm³/mol. The van der Waals surface area contributed by atoms with Crippen LogP contribution in [-0.2, 0) is 0 Å². The molecule has 0 saturated heterocycles. The van der Waals surface area contributed by atoms with E-state index in [4.69, 9.17) is 0 Å². The van der Waals surface area contributed by atoms with E-state index in [-0.39, 0.29) is 36.8 Å². The van der Waals surface area contributed by atoms with Crippen LogP contribution in [0, 0.1) is 6.92 Å². The first-order valence-electron chi connectivity index (χ1n) is 5.58. The lowest BCUT2D eigenvalue weighted by atomic mass is 10.2. The summed E-state index contributed by atoms with van der Waals surface area (Å²) in [6, 6.07) is 3.84. The number of pyridine rings is 1. The topological polar surface area (TPSA) is 54.0 Å². The quantitative estimate of drug-likeness (QED) is 0.873. The van der Waals surface area contributed by atoms with Crippen LogP contribution in [0.2, 0.25) is 0 Å². The summed E-state index contributed by atoms with van der Waals surface area (Å²) in [5.41, 5.74) is 1.40. The Labute approximate surface area is 121 Å². The molecule has 18 heavy (non-hydrogen) atoms. The molecule has 0 radical (unpaired) electrons. The van der Waals surface area contributed by atoms with E-state index in [0.29, 0.717) is 12.1 Å². The van der Waals surface area contributed by atoms with Gasteiger partial charge >= 0.3 is 0 Å². The zero-order chi connectivity index (χ0) is 12.0. The van der Waals surface area contributed by atoms with E-state index in [1.807, 2.05) is 20.8 Å². The Bertz CT molecular complexity index is 361. The molecule has 1 atom stereocenters. The van der Waals surface area contributed by atoms with Crippen molar-refractivity contribution in [1.29, 1.82) is 0 Å². The van der Waals surface area contributed by atoms with Crippen molar-refractivity contribution in [3.05, 3.63) is 29.6 Å². The fourth-order valence-electron chi connectivity index (χ4n) is 1.49. The molecule has 0 aliphatic carbocycles. The lowest BCUT2D eigenvalue weighted by Crippen LogP contribution is -2.39. The lowest BCUT2D eigenvalue weighted by molar-refractivity contribution is 0.0949. The van der Waals surface area contributed by atoms with Crippen LogP contribution in [0.1, 0.15) is 29.9 Å². The summed E-state index contributed by atoms with van der Waals surface area (Å²) in [4.78, 5) is 15.9. The van der Waals surface area contributed by atoms with E-state index in [1.54, 1.807) is 18.3 Å². The number of hydrogen-bond donors (Lipinski definition) is 2. The number of aromatic nitrogens is 1. The molecule has 1 aromatic rings. The van der Waals surface area contributed by atoms with Gasteiger partial charge in [0.2, 0.25) is 0 Å². The smallest absolute Gasteiger partial charge is 0.253 e. The van der Waals surface area contributed by atoms with Gasteiger partial charge in [0.1, 0.15) is 0 Å². The van der Waals surface area contributed by atoms with Crippen molar-refractivity contribution in [3.8, 4) is 0 Å². The Morgan fingerprint density at radius 1 is 1.44 bits per heavy atom. The molecular formula is C12H21Cl2N3O. The van der Waals surface area contributed by atoms with Crippen molar-refractivity contribution in [2.24, 2.45) is 0 Å². The summed E-state index contributed by atoms with van der Waals surface area (Å²) in [7, 11) is 0. The van der Waals surface area contributed by atoms with Crippen molar-refractivity contribution >= 4 is 30.7 Å². The first kappa shape index (κ1) is 19.5. The first-order valence-corrected chi connectivity index (χ1v) is 5.58. The molecule has 1 heterocycles. The van der Waals surface area contributed by atoms with Gasteiger partial charge in [-0.1, -0.05) is 6.92 Å². The third kappa shape index (κ3) is 6.19. The van der Waals surface area contributed by atoms with Crippen molar-refractivity contribution in [3.63, 3.8) is 0 Å². The van der Waals surface area contributed by atoms with Gasteiger partial charge in [0.15, 0.2) is 0 Å². The number of rotatable bonds is 5. The summed E-state index contributed by atoms with van der Waals surface area (Å²) < 4.78 is 0. The maximum absolute atomic E-state index is 11.8. The summed E-state index contributed by atoms with van der Waals surface area (Å²) in [5.74, 6) is -0.0599. The molecule has 0 aromatic carbocycles. The lowest BCUT2D eigenvalue weighted by Gasteiger charge is -2.13. The third-order valence-electron chi connectivity index (χ3n) is 2.37. The Hall–Kier alpha value is -0.840. The van der Waals surface area contributed by atoms with Gasteiger partial charge in [-0.15, -0.1) is 24.8 Å². The minimum atomic E-state index is -0.0599. The molecule has 1 rings (SSSR count). The van der Waals surface area contributed by atoms with E-state index in [1.165, 1.54) is 0 Å². The number of carbonyl (C=O) groups excluding carboxylic acids is 1. The van der Waals surface area contributed by atoms with Crippen LogP contribution in [-0.4, -0.2) is 30.0 Å². The number of nitrogens with one attached hydrogen (secondary N) is 2. The number of aryl methyl sites for hydroxylation is 1.